The van der Waals surface area contributed by atoms with Gasteiger partial charge in [-0.05, 0) is 71.8 Å². The van der Waals surface area contributed by atoms with Crippen LogP contribution in [0.25, 0.3) is 0 Å². The van der Waals surface area contributed by atoms with Gasteiger partial charge in [0.2, 0.25) is 5.91 Å². The highest BCUT2D eigenvalue weighted by Crippen LogP contribution is 2.28. The van der Waals surface area contributed by atoms with Crippen LogP contribution in [0.2, 0.25) is 0 Å². The first kappa shape index (κ1) is 18.0. The molecule has 0 aromatic carbocycles. The standard InChI is InChI=1S/C17H31N3O3/c1-17(2,3)23-16(22)19-13-8-6-12(7-9-13)11-20-10-4-5-14(20)15(18)21/h12-14H,4-11H2,1-3H3,(H2,18,21)(H,19,22)/t12?,13?,14-/m0/s1. The third-order valence-electron chi connectivity index (χ3n) is 4.75. The van der Waals surface area contributed by atoms with Gasteiger partial charge in [-0.2, -0.15) is 0 Å². The molecule has 3 N–H and O–H groups in total. The van der Waals surface area contributed by atoms with Crippen LogP contribution in [0.3, 0.4) is 0 Å². The van der Waals surface area contributed by atoms with Crippen LogP contribution in [0.4, 0.5) is 4.79 Å². The maximum absolute atomic E-state index is 11.8. The monoisotopic (exact) mass is 325 g/mol. The van der Waals surface area contributed by atoms with Crippen molar-refractivity contribution < 1.29 is 14.3 Å². The number of amides is 2. The lowest BCUT2D eigenvalue weighted by molar-refractivity contribution is -0.122. The van der Waals surface area contributed by atoms with Crippen molar-refractivity contribution in [2.75, 3.05) is 13.1 Å². The van der Waals surface area contributed by atoms with Gasteiger partial charge >= 0.3 is 6.09 Å². The average molecular weight is 325 g/mol. The van der Waals surface area contributed by atoms with Crippen molar-refractivity contribution in [2.24, 2.45) is 11.7 Å². The second-order valence-electron chi connectivity index (χ2n) is 7.92. The molecular weight excluding hydrogens is 294 g/mol. The molecular formula is C17H31N3O3. The Bertz CT molecular complexity index is 425. The van der Waals surface area contributed by atoms with E-state index in [0.717, 1.165) is 51.6 Å². The highest BCUT2D eigenvalue weighted by atomic mass is 16.6. The highest BCUT2D eigenvalue weighted by molar-refractivity contribution is 5.80. The summed E-state index contributed by atoms with van der Waals surface area (Å²) in [5.74, 6) is 0.398. The molecule has 0 bridgehead atoms. The third-order valence-corrected chi connectivity index (χ3v) is 4.75. The second-order valence-corrected chi connectivity index (χ2v) is 7.92. The van der Waals surface area contributed by atoms with E-state index in [1.807, 2.05) is 20.8 Å². The largest absolute Gasteiger partial charge is 0.444 e. The molecule has 6 nitrogen and oxygen atoms in total. The van der Waals surface area contributed by atoms with Crippen molar-refractivity contribution in [1.82, 2.24) is 10.2 Å². The summed E-state index contributed by atoms with van der Waals surface area (Å²) in [5, 5.41) is 2.97. The lowest BCUT2D eigenvalue weighted by Gasteiger charge is -2.33. The molecule has 1 aliphatic carbocycles. The molecule has 0 unspecified atom stereocenters. The van der Waals surface area contributed by atoms with Crippen molar-refractivity contribution in [3.8, 4) is 0 Å². The van der Waals surface area contributed by atoms with Crippen LogP contribution in [0.1, 0.15) is 59.3 Å². The Kier molecular flexibility index (Phi) is 5.89. The number of hydrogen-bond acceptors (Lipinski definition) is 4. The van der Waals surface area contributed by atoms with Crippen LogP contribution in [0, 0.1) is 5.92 Å². The summed E-state index contributed by atoms with van der Waals surface area (Å²) in [5.41, 5.74) is 5.02. The first-order valence-electron chi connectivity index (χ1n) is 8.77. The van der Waals surface area contributed by atoms with Crippen molar-refractivity contribution in [2.45, 2.75) is 77.0 Å². The molecule has 2 amide bonds. The molecule has 132 valence electrons. The second kappa shape index (κ2) is 7.51. The molecule has 1 heterocycles. The summed E-state index contributed by atoms with van der Waals surface area (Å²) in [6.07, 6.45) is 5.71. The maximum atomic E-state index is 11.8. The molecule has 1 saturated carbocycles. The van der Waals surface area contributed by atoms with Crippen molar-refractivity contribution in [3.05, 3.63) is 0 Å². The number of primary amides is 1. The quantitative estimate of drug-likeness (QED) is 0.828. The Balaban J connectivity index is 1.72. The fourth-order valence-electron chi connectivity index (χ4n) is 3.66. The Morgan fingerprint density at radius 1 is 1.17 bits per heavy atom. The van der Waals surface area contributed by atoms with Gasteiger partial charge in [-0.1, -0.05) is 0 Å². The number of likely N-dealkylation sites (tertiary alicyclic amines) is 1. The molecule has 1 saturated heterocycles. The smallest absolute Gasteiger partial charge is 0.407 e. The van der Waals surface area contributed by atoms with Gasteiger partial charge in [0, 0.05) is 12.6 Å². The van der Waals surface area contributed by atoms with Crippen LogP contribution in [-0.4, -0.2) is 47.7 Å². The first-order chi connectivity index (χ1) is 10.7. The van der Waals surface area contributed by atoms with Gasteiger partial charge < -0.3 is 15.8 Å². The lowest BCUT2D eigenvalue weighted by atomic mass is 9.85. The molecule has 2 aliphatic rings. The maximum Gasteiger partial charge on any atom is 0.407 e. The molecule has 2 fully saturated rings. The molecule has 0 aromatic rings. The van der Waals surface area contributed by atoms with Gasteiger partial charge in [0.25, 0.3) is 0 Å². The number of carbonyl (C=O) groups is 2. The Morgan fingerprint density at radius 2 is 1.83 bits per heavy atom. The zero-order valence-electron chi connectivity index (χ0n) is 14.6. The zero-order valence-corrected chi connectivity index (χ0v) is 14.6. The number of rotatable bonds is 4. The summed E-state index contributed by atoms with van der Waals surface area (Å²) >= 11 is 0. The van der Waals surface area contributed by atoms with Crippen molar-refractivity contribution >= 4 is 12.0 Å². The van der Waals surface area contributed by atoms with Gasteiger partial charge in [-0.15, -0.1) is 0 Å². The van der Waals surface area contributed by atoms with E-state index >= 15 is 0 Å². The normalized spacial score (nSPS) is 29.3. The van der Waals surface area contributed by atoms with Gasteiger partial charge in [0.15, 0.2) is 0 Å². The lowest BCUT2D eigenvalue weighted by Crippen LogP contribution is -2.45. The van der Waals surface area contributed by atoms with Crippen molar-refractivity contribution in [3.63, 3.8) is 0 Å². The Morgan fingerprint density at radius 3 is 2.39 bits per heavy atom. The van der Waals surface area contributed by atoms with Crippen LogP contribution in [0.5, 0.6) is 0 Å². The SMILES string of the molecule is CC(C)(C)OC(=O)NC1CCC(CN2CCC[C@H]2C(N)=O)CC1. The van der Waals surface area contributed by atoms with E-state index in [0.29, 0.717) is 5.92 Å². The van der Waals surface area contributed by atoms with E-state index in [-0.39, 0.29) is 24.1 Å². The fourth-order valence-corrected chi connectivity index (χ4v) is 3.66. The van der Waals surface area contributed by atoms with Crippen molar-refractivity contribution in [1.29, 1.82) is 0 Å². The predicted molar refractivity (Wildman–Crippen MR) is 88.9 cm³/mol. The molecule has 1 aliphatic heterocycles. The van der Waals surface area contributed by atoms with E-state index in [9.17, 15) is 9.59 Å². The Labute approximate surface area is 139 Å². The zero-order chi connectivity index (χ0) is 17.0. The van der Waals surface area contributed by atoms with Crippen LogP contribution >= 0.6 is 0 Å². The highest BCUT2D eigenvalue weighted by Gasteiger charge is 2.32. The fraction of sp³-hybridized carbons (Fsp3) is 0.882. The first-order valence-corrected chi connectivity index (χ1v) is 8.77. The van der Waals surface area contributed by atoms with E-state index in [4.69, 9.17) is 10.5 Å². The number of carbonyl (C=O) groups excluding carboxylic acids is 2. The summed E-state index contributed by atoms with van der Waals surface area (Å²) in [6.45, 7) is 7.54. The third kappa shape index (κ3) is 5.68. The number of nitrogens with zero attached hydrogens (tertiary/aromatic N) is 1. The predicted octanol–water partition coefficient (Wildman–Crippen LogP) is 2.02. The minimum atomic E-state index is -0.458. The summed E-state index contributed by atoms with van der Waals surface area (Å²) in [6, 6.07) is 0.124. The molecule has 0 spiro atoms. The molecule has 0 radical (unpaired) electrons. The van der Waals surface area contributed by atoms with Gasteiger partial charge in [-0.3, -0.25) is 9.69 Å². The summed E-state index contributed by atoms with van der Waals surface area (Å²) < 4.78 is 5.31. The minimum absolute atomic E-state index is 0.0763. The van der Waals surface area contributed by atoms with Crippen LogP contribution in [-0.2, 0) is 9.53 Å². The van der Waals surface area contributed by atoms with Gasteiger partial charge in [0.1, 0.15) is 5.60 Å². The molecule has 1 atom stereocenters. The van der Waals surface area contributed by atoms with E-state index in [1.54, 1.807) is 0 Å². The summed E-state index contributed by atoms with van der Waals surface area (Å²) in [7, 11) is 0. The minimum Gasteiger partial charge on any atom is -0.444 e. The number of ether oxygens (including phenoxy) is 1. The van der Waals surface area contributed by atoms with Crippen LogP contribution < -0.4 is 11.1 Å². The number of nitrogens with two attached hydrogens (primary N) is 1. The summed E-state index contributed by atoms with van der Waals surface area (Å²) in [4.78, 5) is 25.5. The average Bonchev–Trinajstić information content (AvgIpc) is 2.87. The number of hydrogen-bond donors (Lipinski definition) is 2. The molecule has 6 heteroatoms. The topological polar surface area (TPSA) is 84.7 Å². The van der Waals surface area contributed by atoms with E-state index in [2.05, 4.69) is 10.2 Å². The number of alkyl carbamates (subject to hydrolysis) is 1. The molecule has 0 aromatic heterocycles. The Hall–Kier alpha value is -1.30. The van der Waals surface area contributed by atoms with E-state index < -0.39 is 5.60 Å². The molecule has 23 heavy (non-hydrogen) atoms. The number of nitrogens with one attached hydrogen (secondary N) is 1. The van der Waals surface area contributed by atoms with Crippen LogP contribution in [0.15, 0.2) is 0 Å². The molecule has 2 rings (SSSR count). The van der Waals surface area contributed by atoms with Gasteiger partial charge in [-0.25, -0.2) is 4.79 Å². The van der Waals surface area contributed by atoms with E-state index in [1.165, 1.54) is 0 Å². The van der Waals surface area contributed by atoms with Gasteiger partial charge in [0.05, 0.1) is 6.04 Å².